The fourth-order valence-electron chi connectivity index (χ4n) is 3.03. The third kappa shape index (κ3) is 4.10. The first-order valence-electron chi connectivity index (χ1n) is 9.04. The summed E-state index contributed by atoms with van der Waals surface area (Å²) in [4.78, 5) is 12.7. The van der Waals surface area contributed by atoms with Gasteiger partial charge in [0.15, 0.2) is 0 Å². The first-order valence-corrected chi connectivity index (χ1v) is 9.04. The van der Waals surface area contributed by atoms with Gasteiger partial charge in [-0.15, -0.1) is 0 Å². The van der Waals surface area contributed by atoms with Crippen LogP contribution in [-0.2, 0) is 10.2 Å². The molecule has 0 bridgehead atoms. The fraction of sp³-hybridized carbons (Fsp3) is 0.500. The summed E-state index contributed by atoms with van der Waals surface area (Å²) in [7, 11) is 0. The van der Waals surface area contributed by atoms with E-state index in [-0.39, 0.29) is 17.2 Å². The van der Waals surface area contributed by atoms with Crippen molar-refractivity contribution in [2.75, 3.05) is 18.4 Å². The van der Waals surface area contributed by atoms with Gasteiger partial charge in [-0.25, -0.2) is 4.68 Å². The number of nitrogens with zero attached hydrogens (tertiary/aromatic N) is 2. The number of hydrogen-bond acceptors (Lipinski definition) is 3. The van der Waals surface area contributed by atoms with Crippen molar-refractivity contribution in [2.45, 2.75) is 46.0 Å². The van der Waals surface area contributed by atoms with Crippen LogP contribution >= 0.6 is 0 Å². The van der Waals surface area contributed by atoms with Gasteiger partial charge in [-0.2, -0.15) is 5.10 Å². The number of nitrogens with one attached hydrogen (secondary N) is 2. The lowest BCUT2D eigenvalue weighted by Crippen LogP contribution is -2.35. The van der Waals surface area contributed by atoms with E-state index in [0.29, 0.717) is 0 Å². The van der Waals surface area contributed by atoms with E-state index in [1.54, 1.807) is 0 Å². The average molecular weight is 340 g/mol. The molecule has 2 aromatic rings. The molecule has 1 fully saturated rings. The molecule has 1 aromatic carbocycles. The molecular weight excluding hydrogens is 312 g/mol. The van der Waals surface area contributed by atoms with Crippen molar-refractivity contribution in [3.05, 3.63) is 41.6 Å². The Bertz CT molecular complexity index is 734. The number of aryl methyl sites for hydroxylation is 1. The predicted octanol–water partition coefficient (Wildman–Crippen LogP) is 3.42. The normalized spacial score (nSPS) is 16.0. The number of anilines is 1. The number of piperidine rings is 1. The van der Waals surface area contributed by atoms with Crippen LogP contribution in [0.15, 0.2) is 30.3 Å². The maximum absolute atomic E-state index is 12.7. The highest BCUT2D eigenvalue weighted by atomic mass is 16.2. The summed E-state index contributed by atoms with van der Waals surface area (Å²) < 4.78 is 1.85. The lowest BCUT2D eigenvalue weighted by molar-refractivity contribution is -0.120. The summed E-state index contributed by atoms with van der Waals surface area (Å²) in [6.07, 6.45) is 1.77. The third-order valence-corrected chi connectivity index (χ3v) is 4.72. The Kier molecular flexibility index (Phi) is 4.95. The minimum absolute atomic E-state index is 0.0701. The van der Waals surface area contributed by atoms with Gasteiger partial charge in [-0.1, -0.05) is 38.5 Å². The Hall–Kier alpha value is -2.14. The van der Waals surface area contributed by atoms with E-state index < -0.39 is 0 Å². The first kappa shape index (κ1) is 17.7. The number of amides is 1. The molecule has 1 aromatic heterocycles. The van der Waals surface area contributed by atoms with E-state index >= 15 is 0 Å². The van der Waals surface area contributed by atoms with Crippen LogP contribution in [-0.4, -0.2) is 28.8 Å². The predicted molar refractivity (Wildman–Crippen MR) is 101 cm³/mol. The van der Waals surface area contributed by atoms with Crippen molar-refractivity contribution >= 4 is 11.7 Å². The molecule has 0 atom stereocenters. The van der Waals surface area contributed by atoms with Gasteiger partial charge in [-0.3, -0.25) is 4.79 Å². The number of carbonyl (C=O) groups excluding carboxylic acids is 1. The second-order valence-electron chi connectivity index (χ2n) is 7.93. The Morgan fingerprint density at radius 2 is 1.84 bits per heavy atom. The molecule has 0 aliphatic carbocycles. The number of aromatic nitrogens is 2. The van der Waals surface area contributed by atoms with Crippen LogP contribution in [0.4, 0.5) is 5.82 Å². The zero-order valence-electron chi connectivity index (χ0n) is 15.6. The molecule has 1 amide bonds. The highest BCUT2D eigenvalue weighted by Crippen LogP contribution is 2.27. The van der Waals surface area contributed by atoms with Gasteiger partial charge in [0, 0.05) is 17.4 Å². The number of carbonyl (C=O) groups is 1. The zero-order chi connectivity index (χ0) is 18.0. The van der Waals surface area contributed by atoms with Crippen molar-refractivity contribution in [3.8, 4) is 5.69 Å². The Labute approximate surface area is 149 Å². The average Bonchev–Trinajstić information content (AvgIpc) is 3.00. The van der Waals surface area contributed by atoms with Crippen LogP contribution in [0.5, 0.6) is 0 Å². The molecule has 2 heterocycles. The molecule has 0 unspecified atom stereocenters. The first-order chi connectivity index (χ1) is 11.8. The standard InChI is InChI=1S/C20H28N4O/c1-14-5-7-16(8-6-14)24-18(13-17(23-24)20(2,3)4)22-19(25)15-9-11-21-12-10-15/h5-8,13,15,21H,9-12H2,1-4H3,(H,22,25). The molecule has 1 aliphatic rings. The van der Waals surface area contributed by atoms with E-state index in [2.05, 4.69) is 50.5 Å². The molecular formula is C20H28N4O. The molecule has 1 saturated heterocycles. The second-order valence-corrected chi connectivity index (χ2v) is 7.93. The van der Waals surface area contributed by atoms with Gasteiger partial charge >= 0.3 is 0 Å². The van der Waals surface area contributed by atoms with Crippen LogP contribution in [0.3, 0.4) is 0 Å². The summed E-state index contributed by atoms with van der Waals surface area (Å²) in [5.74, 6) is 0.910. The number of benzene rings is 1. The lowest BCUT2D eigenvalue weighted by Gasteiger charge is -2.21. The number of rotatable bonds is 3. The summed E-state index contributed by atoms with van der Waals surface area (Å²) in [5, 5.41) is 11.2. The highest BCUT2D eigenvalue weighted by Gasteiger charge is 2.25. The van der Waals surface area contributed by atoms with Crippen LogP contribution in [0.2, 0.25) is 0 Å². The molecule has 2 N–H and O–H groups in total. The van der Waals surface area contributed by atoms with Gasteiger partial charge in [0.25, 0.3) is 0 Å². The summed E-state index contributed by atoms with van der Waals surface area (Å²) in [6.45, 7) is 10.3. The lowest BCUT2D eigenvalue weighted by atomic mass is 9.92. The van der Waals surface area contributed by atoms with Crippen LogP contribution in [0.1, 0.15) is 44.9 Å². The molecule has 0 spiro atoms. The van der Waals surface area contributed by atoms with E-state index in [1.807, 2.05) is 22.9 Å². The molecule has 0 saturated carbocycles. The molecule has 25 heavy (non-hydrogen) atoms. The van der Waals surface area contributed by atoms with Gasteiger partial charge in [0.05, 0.1) is 11.4 Å². The minimum Gasteiger partial charge on any atom is -0.317 e. The van der Waals surface area contributed by atoms with E-state index in [0.717, 1.165) is 43.1 Å². The van der Waals surface area contributed by atoms with Gasteiger partial charge < -0.3 is 10.6 Å². The molecule has 5 heteroatoms. The van der Waals surface area contributed by atoms with E-state index in [9.17, 15) is 4.79 Å². The fourth-order valence-corrected chi connectivity index (χ4v) is 3.03. The quantitative estimate of drug-likeness (QED) is 0.900. The molecule has 3 rings (SSSR count). The molecule has 134 valence electrons. The molecule has 0 radical (unpaired) electrons. The monoisotopic (exact) mass is 340 g/mol. The molecule has 5 nitrogen and oxygen atoms in total. The summed E-state index contributed by atoms with van der Waals surface area (Å²) in [5.41, 5.74) is 3.05. The van der Waals surface area contributed by atoms with Crippen molar-refractivity contribution in [1.82, 2.24) is 15.1 Å². The smallest absolute Gasteiger partial charge is 0.228 e. The third-order valence-electron chi connectivity index (χ3n) is 4.72. The maximum atomic E-state index is 12.7. The highest BCUT2D eigenvalue weighted by molar-refractivity contribution is 5.92. The molecule has 1 aliphatic heterocycles. The number of hydrogen-bond donors (Lipinski definition) is 2. The van der Waals surface area contributed by atoms with Crippen LogP contribution in [0, 0.1) is 12.8 Å². The topological polar surface area (TPSA) is 59.0 Å². The van der Waals surface area contributed by atoms with Gasteiger partial charge in [0.1, 0.15) is 5.82 Å². The van der Waals surface area contributed by atoms with Crippen molar-refractivity contribution in [2.24, 2.45) is 5.92 Å². The Morgan fingerprint density at radius 1 is 1.20 bits per heavy atom. The SMILES string of the molecule is Cc1ccc(-n2nc(C(C)(C)C)cc2NC(=O)C2CCNCC2)cc1. The van der Waals surface area contributed by atoms with Crippen molar-refractivity contribution < 1.29 is 4.79 Å². The van der Waals surface area contributed by atoms with Crippen molar-refractivity contribution in [3.63, 3.8) is 0 Å². The van der Waals surface area contributed by atoms with E-state index in [4.69, 9.17) is 5.10 Å². The van der Waals surface area contributed by atoms with Gasteiger partial charge in [-0.05, 0) is 45.0 Å². The summed E-state index contributed by atoms with van der Waals surface area (Å²) in [6, 6.07) is 10.2. The van der Waals surface area contributed by atoms with Crippen LogP contribution < -0.4 is 10.6 Å². The largest absolute Gasteiger partial charge is 0.317 e. The zero-order valence-corrected chi connectivity index (χ0v) is 15.6. The Morgan fingerprint density at radius 3 is 2.44 bits per heavy atom. The van der Waals surface area contributed by atoms with Crippen LogP contribution in [0.25, 0.3) is 5.69 Å². The maximum Gasteiger partial charge on any atom is 0.228 e. The minimum atomic E-state index is -0.0792. The van der Waals surface area contributed by atoms with E-state index in [1.165, 1.54) is 5.56 Å². The van der Waals surface area contributed by atoms with Gasteiger partial charge in [0.2, 0.25) is 5.91 Å². The van der Waals surface area contributed by atoms with Crippen molar-refractivity contribution in [1.29, 1.82) is 0 Å². The summed E-state index contributed by atoms with van der Waals surface area (Å²) >= 11 is 0. The Balaban J connectivity index is 1.91. The second kappa shape index (κ2) is 7.00.